The minimum absolute atomic E-state index is 0.0139. The van der Waals surface area contributed by atoms with Crippen LogP contribution in [0, 0.1) is 0 Å². The SMILES string of the molecule is CC1(n2ncc(Nc3ncc4cc(Cl)c(CCCN(CCCF)C5COC5)cc4n3)c2Cl)CC1. The summed E-state index contributed by atoms with van der Waals surface area (Å²) in [4.78, 5) is 11.4. The molecule has 2 aromatic heterocycles. The fraction of sp³-hybridized carbons (Fsp3) is 0.542. The number of hydrogen-bond donors (Lipinski definition) is 1. The number of alkyl halides is 1. The molecule has 3 aromatic rings. The Bertz CT molecular complexity index is 1160. The molecule has 1 saturated carbocycles. The summed E-state index contributed by atoms with van der Waals surface area (Å²) in [6.45, 7) is 4.97. The zero-order chi connectivity index (χ0) is 23.7. The van der Waals surface area contributed by atoms with E-state index < -0.39 is 0 Å². The van der Waals surface area contributed by atoms with Crippen molar-refractivity contribution in [2.75, 3.05) is 38.3 Å². The smallest absolute Gasteiger partial charge is 0.227 e. The van der Waals surface area contributed by atoms with Crippen molar-refractivity contribution in [1.82, 2.24) is 24.6 Å². The van der Waals surface area contributed by atoms with Crippen LogP contribution in [0.5, 0.6) is 0 Å². The summed E-state index contributed by atoms with van der Waals surface area (Å²) in [5.74, 6) is 0.463. The van der Waals surface area contributed by atoms with E-state index in [9.17, 15) is 4.39 Å². The van der Waals surface area contributed by atoms with Crippen molar-refractivity contribution in [1.29, 1.82) is 0 Å². The zero-order valence-electron chi connectivity index (χ0n) is 19.2. The van der Waals surface area contributed by atoms with Crippen LogP contribution in [0.4, 0.5) is 16.0 Å². The third kappa shape index (κ3) is 5.00. The number of benzene rings is 1. The van der Waals surface area contributed by atoms with Crippen LogP contribution in [0.3, 0.4) is 0 Å². The molecule has 0 radical (unpaired) electrons. The Hall–Kier alpha value is -2.00. The molecular weight excluding hydrogens is 478 g/mol. The summed E-state index contributed by atoms with van der Waals surface area (Å²) >= 11 is 13.1. The first-order valence-corrected chi connectivity index (χ1v) is 12.6. The topological polar surface area (TPSA) is 68.1 Å². The van der Waals surface area contributed by atoms with E-state index in [0.29, 0.717) is 34.3 Å². The normalized spacial score (nSPS) is 17.3. The molecule has 2 fully saturated rings. The van der Waals surface area contributed by atoms with E-state index in [4.69, 9.17) is 27.9 Å². The Kier molecular flexibility index (Phi) is 6.93. The van der Waals surface area contributed by atoms with E-state index in [1.165, 1.54) is 0 Å². The van der Waals surface area contributed by atoms with Crippen LogP contribution in [0.1, 0.15) is 38.2 Å². The zero-order valence-corrected chi connectivity index (χ0v) is 20.7. The third-order valence-electron chi connectivity index (χ3n) is 6.80. The Morgan fingerprint density at radius 2 is 2.00 bits per heavy atom. The van der Waals surface area contributed by atoms with Crippen molar-refractivity contribution in [2.24, 2.45) is 0 Å². The van der Waals surface area contributed by atoms with E-state index >= 15 is 0 Å². The molecule has 0 atom stereocenters. The molecule has 0 amide bonds. The van der Waals surface area contributed by atoms with Gasteiger partial charge in [0.05, 0.1) is 48.9 Å². The van der Waals surface area contributed by atoms with Crippen LogP contribution in [0.15, 0.2) is 24.5 Å². The molecular formula is C24H29Cl2FN6O. The average molecular weight is 507 g/mol. The van der Waals surface area contributed by atoms with E-state index in [-0.39, 0.29) is 12.2 Å². The molecule has 34 heavy (non-hydrogen) atoms. The lowest BCUT2D eigenvalue weighted by Crippen LogP contribution is -2.49. The van der Waals surface area contributed by atoms with Crippen molar-refractivity contribution < 1.29 is 9.13 Å². The number of nitrogens with zero attached hydrogens (tertiary/aromatic N) is 5. The highest BCUT2D eigenvalue weighted by Gasteiger charge is 2.42. The minimum atomic E-state index is -0.290. The Morgan fingerprint density at radius 3 is 2.71 bits per heavy atom. The number of aryl methyl sites for hydroxylation is 1. The molecule has 0 spiro atoms. The number of hydrogen-bond acceptors (Lipinski definition) is 6. The van der Waals surface area contributed by atoms with Gasteiger partial charge in [0, 0.05) is 23.2 Å². The molecule has 0 bridgehead atoms. The van der Waals surface area contributed by atoms with Crippen LogP contribution < -0.4 is 5.32 Å². The summed E-state index contributed by atoms with van der Waals surface area (Å²) in [5, 5.41) is 9.79. The maximum atomic E-state index is 12.7. The summed E-state index contributed by atoms with van der Waals surface area (Å²) in [5.41, 5.74) is 2.56. The van der Waals surface area contributed by atoms with Gasteiger partial charge in [-0.15, -0.1) is 0 Å². The monoisotopic (exact) mass is 506 g/mol. The molecule has 1 aromatic carbocycles. The Morgan fingerprint density at radius 1 is 1.21 bits per heavy atom. The molecule has 7 nitrogen and oxygen atoms in total. The Labute approximate surface area is 208 Å². The van der Waals surface area contributed by atoms with Crippen molar-refractivity contribution in [3.05, 3.63) is 40.3 Å². The highest BCUT2D eigenvalue weighted by atomic mass is 35.5. The van der Waals surface area contributed by atoms with Crippen molar-refractivity contribution in [2.45, 2.75) is 50.6 Å². The van der Waals surface area contributed by atoms with E-state index in [2.05, 4.69) is 32.2 Å². The first kappa shape index (κ1) is 23.7. The van der Waals surface area contributed by atoms with Gasteiger partial charge < -0.3 is 10.1 Å². The Balaban J connectivity index is 1.27. The number of anilines is 2. The van der Waals surface area contributed by atoms with Crippen molar-refractivity contribution >= 4 is 45.7 Å². The van der Waals surface area contributed by atoms with Crippen molar-refractivity contribution in [3.63, 3.8) is 0 Å². The molecule has 2 aliphatic rings. The highest BCUT2D eigenvalue weighted by molar-refractivity contribution is 6.32. The number of rotatable bonds is 11. The fourth-order valence-electron chi connectivity index (χ4n) is 4.30. The van der Waals surface area contributed by atoms with Gasteiger partial charge in [0.15, 0.2) is 5.15 Å². The van der Waals surface area contributed by atoms with Crippen LogP contribution in [0.2, 0.25) is 10.2 Å². The third-order valence-corrected chi connectivity index (χ3v) is 7.51. The first-order chi connectivity index (χ1) is 16.5. The maximum absolute atomic E-state index is 12.7. The van der Waals surface area contributed by atoms with Gasteiger partial charge >= 0.3 is 0 Å². The summed E-state index contributed by atoms with van der Waals surface area (Å²) < 4.78 is 19.9. The predicted octanol–water partition coefficient (Wildman–Crippen LogP) is 5.38. The molecule has 182 valence electrons. The number of nitrogens with one attached hydrogen (secondary N) is 1. The molecule has 3 heterocycles. The van der Waals surface area contributed by atoms with Gasteiger partial charge in [0.25, 0.3) is 0 Å². The number of ether oxygens (including phenoxy) is 1. The van der Waals surface area contributed by atoms with Gasteiger partial charge in [-0.1, -0.05) is 23.2 Å². The molecule has 0 unspecified atom stereocenters. The standard InChI is InChI=1S/C24H29Cl2FN6O/c1-24(5-6-24)33-22(26)21(13-29-33)31-23-28-12-17-10-19(25)16(11-20(17)30-23)4-2-8-32(9-3-7-27)18-14-34-15-18/h10-13,18H,2-9,14-15H2,1H3,(H,28,30,31). The molecule has 10 heteroatoms. The summed E-state index contributed by atoms with van der Waals surface area (Å²) in [6, 6.07) is 4.34. The van der Waals surface area contributed by atoms with Crippen LogP contribution >= 0.6 is 23.2 Å². The average Bonchev–Trinajstić information content (AvgIpc) is 3.42. The molecule has 1 aliphatic carbocycles. The lowest BCUT2D eigenvalue weighted by Gasteiger charge is -2.37. The minimum Gasteiger partial charge on any atom is -0.378 e. The molecule has 1 aliphatic heterocycles. The maximum Gasteiger partial charge on any atom is 0.227 e. The first-order valence-electron chi connectivity index (χ1n) is 11.8. The lowest BCUT2D eigenvalue weighted by atomic mass is 10.1. The van der Waals surface area contributed by atoms with Gasteiger partial charge in [-0.2, -0.15) is 5.10 Å². The van der Waals surface area contributed by atoms with Gasteiger partial charge in [-0.05, 0) is 63.3 Å². The largest absolute Gasteiger partial charge is 0.378 e. The molecule has 5 rings (SSSR count). The van der Waals surface area contributed by atoms with Gasteiger partial charge in [-0.25, -0.2) is 14.6 Å². The van der Waals surface area contributed by atoms with Gasteiger partial charge in [-0.3, -0.25) is 9.29 Å². The predicted molar refractivity (Wildman–Crippen MR) is 133 cm³/mol. The lowest BCUT2D eigenvalue weighted by molar-refractivity contribution is -0.0656. The summed E-state index contributed by atoms with van der Waals surface area (Å²) in [7, 11) is 0. The van der Waals surface area contributed by atoms with E-state index in [0.717, 1.165) is 68.5 Å². The fourth-order valence-corrected chi connectivity index (χ4v) is 4.91. The second-order valence-corrected chi connectivity index (χ2v) is 10.2. The number of aromatic nitrogens is 4. The van der Waals surface area contributed by atoms with Crippen LogP contribution in [-0.4, -0.2) is 63.7 Å². The van der Waals surface area contributed by atoms with Crippen LogP contribution in [0.25, 0.3) is 10.9 Å². The molecule has 1 N–H and O–H groups in total. The quantitative estimate of drug-likeness (QED) is 0.376. The number of fused-ring (bicyclic) bond motifs is 1. The second-order valence-electron chi connectivity index (χ2n) is 9.45. The molecule has 1 saturated heterocycles. The summed E-state index contributed by atoms with van der Waals surface area (Å²) in [6.07, 6.45) is 7.93. The second kappa shape index (κ2) is 9.93. The number of halogens is 3. The van der Waals surface area contributed by atoms with Crippen LogP contribution in [-0.2, 0) is 16.7 Å². The van der Waals surface area contributed by atoms with E-state index in [1.807, 2.05) is 16.8 Å². The van der Waals surface area contributed by atoms with Gasteiger partial charge in [0.1, 0.15) is 0 Å². The van der Waals surface area contributed by atoms with Gasteiger partial charge in [0.2, 0.25) is 5.95 Å². The van der Waals surface area contributed by atoms with E-state index in [1.54, 1.807) is 12.4 Å². The highest BCUT2D eigenvalue weighted by Crippen LogP contribution is 2.45. The van der Waals surface area contributed by atoms with Crippen molar-refractivity contribution in [3.8, 4) is 0 Å².